The first kappa shape index (κ1) is 20.6. The van der Waals surface area contributed by atoms with Crippen molar-refractivity contribution in [3.8, 4) is 22.6 Å². The van der Waals surface area contributed by atoms with Crippen LogP contribution in [0.15, 0.2) is 64.2 Å². The van der Waals surface area contributed by atoms with Gasteiger partial charge in [0.1, 0.15) is 5.82 Å². The molecule has 4 heterocycles. The molecule has 8 nitrogen and oxygen atoms in total. The van der Waals surface area contributed by atoms with Crippen LogP contribution in [-0.2, 0) is 13.6 Å². The van der Waals surface area contributed by atoms with Gasteiger partial charge in [-0.2, -0.15) is 8.78 Å². The predicted octanol–water partition coefficient (Wildman–Crippen LogP) is 3.97. The molecule has 11 heteroatoms. The Morgan fingerprint density at radius 1 is 1.06 bits per heavy atom. The molecule has 4 aromatic heterocycles. The topological polar surface area (TPSA) is 91.6 Å². The molecule has 0 radical (unpaired) electrons. The number of fused-ring (bicyclic) bond motifs is 1. The lowest BCUT2D eigenvalue weighted by Crippen LogP contribution is -2.23. The van der Waals surface area contributed by atoms with Gasteiger partial charge in [-0.15, -0.1) is 10.2 Å². The number of pyridine rings is 2. The number of hydrogen-bond donors (Lipinski definition) is 0. The van der Waals surface area contributed by atoms with E-state index in [1.165, 1.54) is 21.4 Å². The summed E-state index contributed by atoms with van der Waals surface area (Å²) in [4.78, 5) is 21.1. The summed E-state index contributed by atoms with van der Waals surface area (Å²) in [6.07, 6.45) is 1.67. The zero-order chi connectivity index (χ0) is 23.1. The normalized spacial score (nSPS) is 11.5. The fourth-order valence-electron chi connectivity index (χ4n) is 3.57. The Morgan fingerprint density at radius 2 is 1.91 bits per heavy atom. The van der Waals surface area contributed by atoms with Crippen LogP contribution in [0, 0.1) is 5.82 Å². The van der Waals surface area contributed by atoms with Crippen molar-refractivity contribution in [1.29, 1.82) is 0 Å². The van der Waals surface area contributed by atoms with Crippen LogP contribution >= 0.6 is 0 Å². The lowest BCUT2D eigenvalue weighted by Gasteiger charge is -2.06. The average molecular weight is 452 g/mol. The van der Waals surface area contributed by atoms with Crippen molar-refractivity contribution in [2.75, 3.05) is 0 Å². The first-order valence-electron chi connectivity index (χ1n) is 9.78. The van der Waals surface area contributed by atoms with Gasteiger partial charge in [-0.25, -0.2) is 9.18 Å². The predicted molar refractivity (Wildman–Crippen MR) is 112 cm³/mol. The molecule has 1 aromatic carbocycles. The third-order valence-electron chi connectivity index (χ3n) is 5.23. The van der Waals surface area contributed by atoms with E-state index in [1.807, 2.05) is 0 Å². The van der Waals surface area contributed by atoms with Gasteiger partial charge in [-0.1, -0.05) is 6.07 Å². The van der Waals surface area contributed by atoms with E-state index in [4.69, 9.17) is 4.42 Å². The number of hydrogen-bond acceptors (Lipinski definition) is 6. The number of aryl methyl sites for hydroxylation is 1. The van der Waals surface area contributed by atoms with Crippen LogP contribution in [0.4, 0.5) is 13.2 Å². The fourth-order valence-corrected chi connectivity index (χ4v) is 3.57. The molecule has 5 rings (SSSR count). The number of rotatable bonds is 5. The Hall–Kier alpha value is -4.28. The van der Waals surface area contributed by atoms with Crippen LogP contribution in [-0.4, -0.2) is 29.3 Å². The third kappa shape index (κ3) is 3.67. The summed E-state index contributed by atoms with van der Waals surface area (Å²) in [6.45, 7) is 0.0776. The molecule has 0 atom stereocenters. The largest absolute Gasteiger partial charge is 0.415 e. The minimum atomic E-state index is -2.87. The monoisotopic (exact) mass is 452 g/mol. The first-order valence-corrected chi connectivity index (χ1v) is 9.78. The van der Waals surface area contributed by atoms with E-state index in [0.717, 1.165) is 0 Å². The van der Waals surface area contributed by atoms with Gasteiger partial charge in [0.2, 0.25) is 5.89 Å². The fraction of sp³-hybridized carbons (Fsp3) is 0.136. The molecule has 33 heavy (non-hydrogen) atoms. The highest BCUT2D eigenvalue weighted by Gasteiger charge is 2.18. The molecule has 0 N–H and O–H groups in total. The van der Waals surface area contributed by atoms with Crippen LogP contribution in [0.5, 0.6) is 0 Å². The highest BCUT2D eigenvalue weighted by Crippen LogP contribution is 2.27. The number of alkyl halides is 2. The molecule has 0 bridgehead atoms. The maximum Gasteiger partial charge on any atom is 0.329 e. The van der Waals surface area contributed by atoms with E-state index >= 15 is 0 Å². The minimum Gasteiger partial charge on any atom is -0.415 e. The van der Waals surface area contributed by atoms with Gasteiger partial charge in [-0.3, -0.25) is 19.1 Å². The van der Waals surface area contributed by atoms with Gasteiger partial charge in [0.25, 0.3) is 5.89 Å². The van der Waals surface area contributed by atoms with Crippen molar-refractivity contribution in [3.63, 3.8) is 0 Å². The van der Waals surface area contributed by atoms with Crippen LogP contribution in [0.25, 0.3) is 33.6 Å². The number of imidazole rings is 1. The molecule has 0 spiro atoms. The van der Waals surface area contributed by atoms with Gasteiger partial charge < -0.3 is 4.42 Å². The highest BCUT2D eigenvalue weighted by atomic mass is 19.3. The van der Waals surface area contributed by atoms with E-state index < -0.39 is 18.1 Å². The lowest BCUT2D eigenvalue weighted by molar-refractivity contribution is 0.116. The van der Waals surface area contributed by atoms with E-state index in [1.54, 1.807) is 49.8 Å². The Labute approximate surface area is 184 Å². The van der Waals surface area contributed by atoms with Gasteiger partial charge in [0, 0.05) is 42.8 Å². The molecule has 0 aliphatic rings. The SMILES string of the molecule is Cn1c(=O)n(Cc2ccc(-c3nnc(C(F)F)o3)cn2)c2cc(F)c(-c3cccnc3)cc21. The number of halogens is 3. The zero-order valence-electron chi connectivity index (χ0n) is 17.1. The van der Waals surface area contributed by atoms with Gasteiger partial charge >= 0.3 is 12.1 Å². The van der Waals surface area contributed by atoms with Gasteiger partial charge in [0.15, 0.2) is 0 Å². The minimum absolute atomic E-state index is 0.0776. The van der Waals surface area contributed by atoms with Crippen LogP contribution in [0.2, 0.25) is 0 Å². The number of benzene rings is 1. The second kappa shape index (κ2) is 8.01. The molecule has 0 saturated heterocycles. The first-order chi connectivity index (χ1) is 15.9. The summed E-state index contributed by atoms with van der Waals surface area (Å²) in [6, 6.07) is 9.56. The summed E-state index contributed by atoms with van der Waals surface area (Å²) in [5, 5.41) is 6.87. The second-order valence-electron chi connectivity index (χ2n) is 7.27. The molecule has 0 fully saturated rings. The molecule has 0 aliphatic carbocycles. The van der Waals surface area contributed by atoms with E-state index in [-0.39, 0.29) is 18.1 Å². The standard InChI is InChI=1S/C22H15F3N6O2/c1-30-17-7-15(12-3-2-6-26-9-12)16(23)8-18(17)31(22(30)32)11-14-5-4-13(10-27-14)20-28-29-21(33-20)19(24)25/h2-10,19H,11H2,1H3. The molecular weight excluding hydrogens is 437 g/mol. The lowest BCUT2D eigenvalue weighted by atomic mass is 10.1. The zero-order valence-corrected chi connectivity index (χ0v) is 17.1. The summed E-state index contributed by atoms with van der Waals surface area (Å²) in [7, 11) is 1.61. The van der Waals surface area contributed by atoms with Crippen molar-refractivity contribution in [3.05, 3.63) is 82.9 Å². The van der Waals surface area contributed by atoms with Crippen molar-refractivity contribution >= 4 is 11.0 Å². The Morgan fingerprint density at radius 3 is 2.58 bits per heavy atom. The van der Waals surface area contributed by atoms with E-state index in [2.05, 4.69) is 20.2 Å². The Kier molecular flexibility index (Phi) is 5.00. The smallest absolute Gasteiger partial charge is 0.329 e. The maximum absolute atomic E-state index is 14.9. The van der Waals surface area contributed by atoms with Crippen LogP contribution in [0.1, 0.15) is 18.0 Å². The summed E-state index contributed by atoms with van der Waals surface area (Å²) in [5.41, 5.74) is 2.43. The summed E-state index contributed by atoms with van der Waals surface area (Å²) < 4.78 is 48.0. The average Bonchev–Trinajstić information content (AvgIpc) is 3.40. The van der Waals surface area contributed by atoms with Crippen LogP contribution < -0.4 is 5.69 Å². The third-order valence-corrected chi connectivity index (χ3v) is 5.23. The van der Waals surface area contributed by atoms with Crippen molar-refractivity contribution < 1.29 is 17.6 Å². The number of aromatic nitrogens is 6. The van der Waals surface area contributed by atoms with Crippen molar-refractivity contribution in [2.45, 2.75) is 13.0 Å². The molecule has 0 saturated carbocycles. The molecule has 0 aliphatic heterocycles. The van der Waals surface area contributed by atoms with Crippen molar-refractivity contribution in [2.24, 2.45) is 7.05 Å². The second-order valence-corrected chi connectivity index (χ2v) is 7.27. The molecule has 166 valence electrons. The molecular formula is C22H15F3N6O2. The van der Waals surface area contributed by atoms with Gasteiger partial charge in [0.05, 0.1) is 28.8 Å². The Bertz CT molecular complexity index is 1510. The van der Waals surface area contributed by atoms with E-state index in [9.17, 15) is 18.0 Å². The van der Waals surface area contributed by atoms with E-state index in [0.29, 0.717) is 33.4 Å². The van der Waals surface area contributed by atoms with Crippen LogP contribution in [0.3, 0.4) is 0 Å². The number of nitrogens with zero attached hydrogens (tertiary/aromatic N) is 6. The summed E-state index contributed by atoms with van der Waals surface area (Å²) >= 11 is 0. The highest BCUT2D eigenvalue weighted by molar-refractivity contribution is 5.83. The summed E-state index contributed by atoms with van der Waals surface area (Å²) in [5.74, 6) is -1.34. The molecule has 0 unspecified atom stereocenters. The Balaban J connectivity index is 1.49. The van der Waals surface area contributed by atoms with Gasteiger partial charge in [-0.05, 0) is 24.3 Å². The molecule has 0 amide bonds. The van der Waals surface area contributed by atoms with Crippen molar-refractivity contribution in [1.82, 2.24) is 29.3 Å². The molecule has 5 aromatic rings. The maximum atomic E-state index is 14.9. The quantitative estimate of drug-likeness (QED) is 0.401.